The minimum Gasteiger partial charge on any atom is -0.454 e. The van der Waals surface area contributed by atoms with Crippen molar-refractivity contribution in [2.45, 2.75) is 13.5 Å². The molecule has 8 heteroatoms. The number of anilines is 1. The smallest absolute Gasteiger partial charge is 0.240 e. The summed E-state index contributed by atoms with van der Waals surface area (Å²) in [6.45, 7) is 1.64. The molecule has 0 saturated carbocycles. The average Bonchev–Trinajstić information content (AvgIpc) is 3.06. The van der Waals surface area contributed by atoms with Crippen molar-refractivity contribution < 1.29 is 19.1 Å². The van der Waals surface area contributed by atoms with E-state index >= 15 is 0 Å². The molecule has 6 nitrogen and oxygen atoms in total. The van der Waals surface area contributed by atoms with Gasteiger partial charge in [-0.2, -0.15) is 0 Å². The van der Waals surface area contributed by atoms with Crippen LogP contribution < -0.4 is 19.7 Å². The summed E-state index contributed by atoms with van der Waals surface area (Å²) in [7, 11) is 0. The molecule has 0 unspecified atom stereocenters. The fourth-order valence-electron chi connectivity index (χ4n) is 2.55. The van der Waals surface area contributed by atoms with Crippen LogP contribution in [0, 0.1) is 0 Å². The fraction of sp³-hybridized carbons (Fsp3) is 0.222. The highest BCUT2D eigenvalue weighted by atomic mass is 35.5. The lowest BCUT2D eigenvalue weighted by atomic mass is 10.2. The average molecular weight is 395 g/mol. The second-order valence-corrected chi connectivity index (χ2v) is 6.45. The van der Waals surface area contributed by atoms with Gasteiger partial charge < -0.3 is 19.7 Å². The standard InChI is InChI=1S/C18H16Cl2N2O4/c1-11(23)22(18-13(19)3-2-4-14(18)20)9-17(24)21-8-12-5-6-15-16(7-12)26-10-25-15/h2-7H,8-10H2,1H3,(H,21,24). The summed E-state index contributed by atoms with van der Waals surface area (Å²) in [6, 6.07) is 10.3. The molecular formula is C18H16Cl2N2O4. The number of nitrogens with one attached hydrogen (secondary N) is 1. The largest absolute Gasteiger partial charge is 0.454 e. The van der Waals surface area contributed by atoms with Crippen molar-refractivity contribution in [2.75, 3.05) is 18.2 Å². The van der Waals surface area contributed by atoms with Gasteiger partial charge in [-0.15, -0.1) is 0 Å². The molecule has 3 rings (SSSR count). The number of para-hydroxylation sites is 1. The molecule has 0 aromatic heterocycles. The summed E-state index contributed by atoms with van der Waals surface area (Å²) in [5.74, 6) is 0.647. The van der Waals surface area contributed by atoms with Crippen molar-refractivity contribution in [3.8, 4) is 11.5 Å². The molecule has 0 spiro atoms. The molecule has 1 heterocycles. The van der Waals surface area contributed by atoms with E-state index in [1.807, 2.05) is 6.07 Å². The Kier molecular flexibility index (Phi) is 5.54. The van der Waals surface area contributed by atoms with E-state index in [0.717, 1.165) is 5.56 Å². The van der Waals surface area contributed by atoms with Gasteiger partial charge in [-0.05, 0) is 29.8 Å². The number of hydrogen-bond acceptors (Lipinski definition) is 4. The molecule has 0 fully saturated rings. The topological polar surface area (TPSA) is 67.9 Å². The van der Waals surface area contributed by atoms with E-state index in [4.69, 9.17) is 32.7 Å². The van der Waals surface area contributed by atoms with Gasteiger partial charge in [0.15, 0.2) is 11.5 Å². The molecule has 0 saturated heterocycles. The van der Waals surface area contributed by atoms with Crippen molar-refractivity contribution in [1.82, 2.24) is 5.32 Å². The molecular weight excluding hydrogens is 379 g/mol. The van der Waals surface area contributed by atoms with Gasteiger partial charge in [0.1, 0.15) is 6.54 Å². The predicted octanol–water partition coefficient (Wildman–Crippen LogP) is 3.39. The molecule has 2 aromatic rings. The van der Waals surface area contributed by atoms with Crippen molar-refractivity contribution in [3.05, 3.63) is 52.0 Å². The summed E-state index contributed by atoms with van der Waals surface area (Å²) in [4.78, 5) is 25.5. The highest BCUT2D eigenvalue weighted by molar-refractivity contribution is 6.40. The van der Waals surface area contributed by atoms with Crippen LogP contribution in [-0.2, 0) is 16.1 Å². The van der Waals surface area contributed by atoms with Crippen LogP contribution in [0.4, 0.5) is 5.69 Å². The maximum Gasteiger partial charge on any atom is 0.240 e. The summed E-state index contributed by atoms with van der Waals surface area (Å²) >= 11 is 12.3. The third-order valence-corrected chi connectivity index (χ3v) is 4.43. The highest BCUT2D eigenvalue weighted by Gasteiger charge is 2.21. The van der Waals surface area contributed by atoms with Crippen LogP contribution in [0.15, 0.2) is 36.4 Å². The first kappa shape index (κ1) is 18.4. The molecule has 1 N–H and O–H groups in total. The summed E-state index contributed by atoms with van der Waals surface area (Å²) in [5, 5.41) is 3.37. The van der Waals surface area contributed by atoms with E-state index in [0.29, 0.717) is 27.2 Å². The lowest BCUT2D eigenvalue weighted by Gasteiger charge is -2.23. The third-order valence-electron chi connectivity index (χ3n) is 3.82. The first-order chi connectivity index (χ1) is 12.5. The van der Waals surface area contributed by atoms with Crippen LogP contribution in [0.2, 0.25) is 10.0 Å². The number of nitrogens with zero attached hydrogens (tertiary/aromatic N) is 1. The summed E-state index contributed by atoms with van der Waals surface area (Å²) in [6.07, 6.45) is 0. The fourth-order valence-corrected chi connectivity index (χ4v) is 3.15. The third kappa shape index (κ3) is 4.03. The number of amides is 2. The van der Waals surface area contributed by atoms with Crippen LogP contribution >= 0.6 is 23.2 Å². The van der Waals surface area contributed by atoms with Gasteiger partial charge in [-0.1, -0.05) is 35.3 Å². The molecule has 1 aliphatic heterocycles. The van der Waals surface area contributed by atoms with Crippen molar-refractivity contribution >= 4 is 40.7 Å². The molecule has 0 bridgehead atoms. The minimum atomic E-state index is -0.339. The number of rotatable bonds is 5. The van der Waals surface area contributed by atoms with E-state index in [-0.39, 0.29) is 31.7 Å². The SMILES string of the molecule is CC(=O)N(CC(=O)NCc1ccc2c(c1)OCO2)c1c(Cl)cccc1Cl. The Morgan fingerprint density at radius 3 is 2.50 bits per heavy atom. The van der Waals surface area contributed by atoms with Gasteiger partial charge in [0.2, 0.25) is 18.6 Å². The van der Waals surface area contributed by atoms with Crippen molar-refractivity contribution in [3.63, 3.8) is 0 Å². The minimum absolute atomic E-state index is 0.191. The first-order valence-corrected chi connectivity index (χ1v) is 8.58. The maximum atomic E-state index is 12.3. The Balaban J connectivity index is 1.66. The van der Waals surface area contributed by atoms with Gasteiger partial charge in [0, 0.05) is 13.5 Å². The van der Waals surface area contributed by atoms with Gasteiger partial charge >= 0.3 is 0 Å². The lowest BCUT2D eigenvalue weighted by molar-refractivity contribution is -0.123. The highest BCUT2D eigenvalue weighted by Crippen LogP contribution is 2.34. The Morgan fingerprint density at radius 2 is 1.81 bits per heavy atom. The van der Waals surface area contributed by atoms with Crippen molar-refractivity contribution in [1.29, 1.82) is 0 Å². The Labute approximate surface area is 160 Å². The number of carbonyl (C=O) groups is 2. The number of benzene rings is 2. The summed E-state index contributed by atoms with van der Waals surface area (Å²) < 4.78 is 10.6. The number of ether oxygens (including phenoxy) is 2. The molecule has 2 amide bonds. The van der Waals surface area contributed by atoms with Gasteiger partial charge in [-0.25, -0.2) is 0 Å². The molecule has 0 atom stereocenters. The Bertz CT molecular complexity index is 837. The van der Waals surface area contributed by atoms with Crippen LogP contribution in [0.3, 0.4) is 0 Å². The van der Waals surface area contributed by atoms with Crippen LogP contribution in [-0.4, -0.2) is 25.2 Å². The Hall–Kier alpha value is -2.44. The quantitative estimate of drug-likeness (QED) is 0.843. The molecule has 0 aliphatic carbocycles. The number of halogens is 2. The van der Waals surface area contributed by atoms with Crippen LogP contribution in [0.1, 0.15) is 12.5 Å². The molecule has 136 valence electrons. The molecule has 2 aromatic carbocycles. The van der Waals surface area contributed by atoms with Gasteiger partial charge in [0.25, 0.3) is 0 Å². The normalized spacial score (nSPS) is 12.0. The van der Waals surface area contributed by atoms with Crippen molar-refractivity contribution in [2.24, 2.45) is 0 Å². The zero-order chi connectivity index (χ0) is 18.7. The van der Waals surface area contributed by atoms with E-state index in [1.54, 1.807) is 30.3 Å². The number of hydrogen-bond donors (Lipinski definition) is 1. The van der Waals surface area contributed by atoms with Crippen LogP contribution in [0.5, 0.6) is 11.5 Å². The maximum absolute atomic E-state index is 12.3. The lowest BCUT2D eigenvalue weighted by Crippen LogP contribution is -2.39. The van der Waals surface area contributed by atoms with Crippen LogP contribution in [0.25, 0.3) is 0 Å². The Morgan fingerprint density at radius 1 is 1.12 bits per heavy atom. The molecule has 0 radical (unpaired) electrons. The van der Waals surface area contributed by atoms with Gasteiger partial charge in [0.05, 0.1) is 15.7 Å². The van der Waals surface area contributed by atoms with Gasteiger partial charge in [-0.3, -0.25) is 9.59 Å². The monoisotopic (exact) mass is 394 g/mol. The van der Waals surface area contributed by atoms with E-state index in [2.05, 4.69) is 5.32 Å². The van der Waals surface area contributed by atoms with E-state index in [9.17, 15) is 9.59 Å². The predicted molar refractivity (Wildman–Crippen MR) is 98.9 cm³/mol. The second-order valence-electron chi connectivity index (χ2n) is 5.64. The molecule has 26 heavy (non-hydrogen) atoms. The molecule has 1 aliphatic rings. The summed E-state index contributed by atoms with van der Waals surface area (Å²) in [5.41, 5.74) is 1.18. The zero-order valence-corrected chi connectivity index (χ0v) is 15.4. The van der Waals surface area contributed by atoms with E-state index < -0.39 is 0 Å². The first-order valence-electron chi connectivity index (χ1n) is 7.83. The zero-order valence-electron chi connectivity index (χ0n) is 13.9. The second kappa shape index (κ2) is 7.85. The number of fused-ring (bicyclic) bond motifs is 1. The van der Waals surface area contributed by atoms with E-state index in [1.165, 1.54) is 11.8 Å². The number of carbonyl (C=O) groups excluding carboxylic acids is 2.